The zero-order valence-corrected chi connectivity index (χ0v) is 9.79. The van der Waals surface area contributed by atoms with Crippen LogP contribution in [0.1, 0.15) is 6.42 Å². The highest BCUT2D eigenvalue weighted by molar-refractivity contribution is 6.28. The molecule has 2 aromatic rings. The number of hydrogen-bond acceptors (Lipinski definition) is 3. The van der Waals surface area contributed by atoms with E-state index in [0.717, 1.165) is 0 Å². The standard InChI is InChI=1S/C11H8ClF3N2O/c12-10-16-8-4-2-1-3-7(8)9(17-10)18-6-5-11(13,14)15/h1-4H,5-6H2. The molecule has 0 bridgehead atoms. The third-order valence-corrected chi connectivity index (χ3v) is 2.33. The van der Waals surface area contributed by atoms with Crippen molar-refractivity contribution >= 4 is 22.5 Å². The summed E-state index contributed by atoms with van der Waals surface area (Å²) in [6.45, 7) is -0.499. The van der Waals surface area contributed by atoms with E-state index in [2.05, 4.69) is 9.97 Å². The number of hydrogen-bond donors (Lipinski definition) is 0. The van der Waals surface area contributed by atoms with Crippen molar-refractivity contribution in [1.29, 1.82) is 0 Å². The van der Waals surface area contributed by atoms with Crippen LogP contribution in [0, 0.1) is 0 Å². The molecule has 0 N–H and O–H groups in total. The summed E-state index contributed by atoms with van der Waals surface area (Å²) < 4.78 is 41.1. The predicted molar refractivity (Wildman–Crippen MR) is 60.7 cm³/mol. The molecule has 0 radical (unpaired) electrons. The first-order valence-corrected chi connectivity index (χ1v) is 5.45. The lowest BCUT2D eigenvalue weighted by Crippen LogP contribution is -2.13. The summed E-state index contributed by atoms with van der Waals surface area (Å²) >= 11 is 5.67. The first kappa shape index (κ1) is 12.9. The Balaban J connectivity index is 2.22. The molecule has 0 atom stereocenters. The van der Waals surface area contributed by atoms with Crippen LogP contribution in [-0.2, 0) is 0 Å². The topological polar surface area (TPSA) is 35.0 Å². The Hall–Kier alpha value is -1.56. The molecule has 7 heteroatoms. The average Bonchev–Trinajstić information content (AvgIpc) is 2.27. The van der Waals surface area contributed by atoms with E-state index >= 15 is 0 Å². The van der Waals surface area contributed by atoms with Gasteiger partial charge in [0.25, 0.3) is 0 Å². The summed E-state index contributed by atoms with van der Waals surface area (Å²) in [7, 11) is 0. The van der Waals surface area contributed by atoms with E-state index in [1.165, 1.54) is 0 Å². The van der Waals surface area contributed by atoms with Gasteiger partial charge in [-0.1, -0.05) is 12.1 Å². The van der Waals surface area contributed by atoms with Crippen molar-refractivity contribution in [2.45, 2.75) is 12.6 Å². The molecule has 1 heterocycles. The summed E-state index contributed by atoms with van der Waals surface area (Å²) in [6.07, 6.45) is -5.30. The molecule has 0 aliphatic heterocycles. The predicted octanol–water partition coefficient (Wildman–Crippen LogP) is 3.61. The maximum atomic E-state index is 12.0. The van der Waals surface area contributed by atoms with E-state index in [1.54, 1.807) is 24.3 Å². The third kappa shape index (κ3) is 3.22. The quantitative estimate of drug-likeness (QED) is 0.803. The first-order valence-electron chi connectivity index (χ1n) is 5.07. The van der Waals surface area contributed by atoms with Gasteiger partial charge in [-0.3, -0.25) is 0 Å². The lowest BCUT2D eigenvalue weighted by molar-refractivity contribution is -0.139. The van der Waals surface area contributed by atoms with Crippen LogP contribution in [0.3, 0.4) is 0 Å². The number of fused-ring (bicyclic) bond motifs is 1. The fourth-order valence-corrected chi connectivity index (χ4v) is 1.56. The molecule has 0 spiro atoms. The second-order valence-electron chi connectivity index (χ2n) is 3.53. The number of ether oxygens (including phenoxy) is 1. The Labute approximate surface area is 106 Å². The van der Waals surface area contributed by atoms with Gasteiger partial charge in [-0.25, -0.2) is 4.98 Å². The number of rotatable bonds is 3. The fraction of sp³-hybridized carbons (Fsp3) is 0.273. The van der Waals surface area contributed by atoms with Crippen molar-refractivity contribution in [3.63, 3.8) is 0 Å². The zero-order valence-electron chi connectivity index (χ0n) is 9.04. The first-order chi connectivity index (χ1) is 8.46. The molecule has 3 nitrogen and oxygen atoms in total. The minimum atomic E-state index is -4.26. The van der Waals surface area contributed by atoms with Crippen molar-refractivity contribution in [3.8, 4) is 5.88 Å². The van der Waals surface area contributed by atoms with Crippen molar-refractivity contribution in [2.75, 3.05) is 6.61 Å². The average molecular weight is 277 g/mol. The molecule has 18 heavy (non-hydrogen) atoms. The van der Waals surface area contributed by atoms with Crippen LogP contribution in [0.5, 0.6) is 5.88 Å². The van der Waals surface area contributed by atoms with Crippen molar-refractivity contribution in [1.82, 2.24) is 9.97 Å². The van der Waals surface area contributed by atoms with Crippen LogP contribution in [0.4, 0.5) is 13.2 Å². The highest BCUT2D eigenvalue weighted by Crippen LogP contribution is 2.25. The molecule has 96 valence electrons. The molecule has 2 rings (SSSR count). The Kier molecular flexibility index (Phi) is 3.56. The second kappa shape index (κ2) is 4.97. The minimum absolute atomic E-state index is 0.0595. The van der Waals surface area contributed by atoms with E-state index in [9.17, 15) is 13.2 Å². The highest BCUT2D eigenvalue weighted by Gasteiger charge is 2.27. The van der Waals surface area contributed by atoms with Gasteiger partial charge in [0.1, 0.15) is 0 Å². The molecule has 0 aliphatic rings. The molecule has 1 aromatic carbocycles. The number of para-hydroxylation sites is 1. The SMILES string of the molecule is FC(F)(F)CCOc1nc(Cl)nc2ccccc12. The number of aromatic nitrogens is 2. The largest absolute Gasteiger partial charge is 0.477 e. The van der Waals surface area contributed by atoms with Crippen LogP contribution < -0.4 is 4.74 Å². The Bertz CT molecular complexity index is 559. The third-order valence-electron chi connectivity index (χ3n) is 2.17. The molecule has 0 amide bonds. The van der Waals surface area contributed by atoms with E-state index in [1.807, 2.05) is 0 Å². The smallest absolute Gasteiger partial charge is 0.392 e. The Morgan fingerprint density at radius 3 is 2.61 bits per heavy atom. The van der Waals surface area contributed by atoms with Crippen LogP contribution in [0.15, 0.2) is 24.3 Å². The summed E-state index contributed by atoms with van der Waals surface area (Å²) in [5.41, 5.74) is 0.527. The van der Waals surface area contributed by atoms with Gasteiger partial charge >= 0.3 is 6.18 Å². The summed E-state index contributed by atoms with van der Waals surface area (Å²) in [5.74, 6) is 0.0647. The summed E-state index contributed by atoms with van der Waals surface area (Å²) in [4.78, 5) is 7.73. The normalized spacial score (nSPS) is 11.8. The molecular weight excluding hydrogens is 269 g/mol. The van der Waals surface area contributed by atoms with Crippen molar-refractivity contribution in [3.05, 3.63) is 29.5 Å². The highest BCUT2D eigenvalue weighted by atomic mass is 35.5. The van der Waals surface area contributed by atoms with Gasteiger partial charge in [-0.15, -0.1) is 0 Å². The van der Waals surface area contributed by atoms with Crippen LogP contribution in [0.25, 0.3) is 10.9 Å². The minimum Gasteiger partial charge on any atom is -0.477 e. The maximum absolute atomic E-state index is 12.0. The van der Waals surface area contributed by atoms with E-state index in [4.69, 9.17) is 16.3 Å². The van der Waals surface area contributed by atoms with E-state index < -0.39 is 19.2 Å². The zero-order chi connectivity index (χ0) is 13.2. The lowest BCUT2D eigenvalue weighted by atomic mass is 10.2. The maximum Gasteiger partial charge on any atom is 0.392 e. The van der Waals surface area contributed by atoms with Crippen LogP contribution in [0.2, 0.25) is 5.28 Å². The number of halogens is 4. The van der Waals surface area contributed by atoms with Gasteiger partial charge in [-0.2, -0.15) is 18.2 Å². The van der Waals surface area contributed by atoms with E-state index in [0.29, 0.717) is 10.9 Å². The van der Waals surface area contributed by atoms with Gasteiger partial charge in [0.2, 0.25) is 11.2 Å². The fourth-order valence-electron chi connectivity index (χ4n) is 1.39. The van der Waals surface area contributed by atoms with Gasteiger partial charge in [0.05, 0.1) is 23.9 Å². The molecule has 0 fully saturated rings. The van der Waals surface area contributed by atoms with E-state index in [-0.39, 0.29) is 11.2 Å². The van der Waals surface area contributed by atoms with Crippen molar-refractivity contribution in [2.24, 2.45) is 0 Å². The van der Waals surface area contributed by atoms with Crippen LogP contribution >= 0.6 is 11.6 Å². The van der Waals surface area contributed by atoms with Gasteiger partial charge < -0.3 is 4.74 Å². The summed E-state index contributed by atoms with van der Waals surface area (Å²) in [5, 5.41) is 0.472. The van der Waals surface area contributed by atoms with Gasteiger partial charge in [0.15, 0.2) is 0 Å². The number of benzene rings is 1. The molecule has 0 unspecified atom stereocenters. The monoisotopic (exact) mass is 276 g/mol. The second-order valence-corrected chi connectivity index (χ2v) is 3.87. The molecule has 0 saturated heterocycles. The van der Waals surface area contributed by atoms with Gasteiger partial charge in [-0.05, 0) is 23.7 Å². The summed E-state index contributed by atoms with van der Waals surface area (Å²) in [6, 6.07) is 6.80. The van der Waals surface area contributed by atoms with Gasteiger partial charge in [0, 0.05) is 0 Å². The molecule has 0 saturated carbocycles. The number of alkyl halides is 3. The molecular formula is C11H8ClF3N2O. The molecule has 0 aliphatic carbocycles. The Morgan fingerprint density at radius 1 is 1.17 bits per heavy atom. The van der Waals surface area contributed by atoms with Crippen molar-refractivity contribution < 1.29 is 17.9 Å². The number of nitrogens with zero attached hydrogens (tertiary/aromatic N) is 2. The van der Waals surface area contributed by atoms with Crippen LogP contribution in [-0.4, -0.2) is 22.8 Å². The Morgan fingerprint density at radius 2 is 1.89 bits per heavy atom. The lowest BCUT2D eigenvalue weighted by Gasteiger charge is -2.09. The molecule has 1 aromatic heterocycles.